The Morgan fingerprint density at radius 3 is 2.33 bits per heavy atom. The van der Waals surface area contributed by atoms with Gasteiger partial charge in [0.2, 0.25) is 17.7 Å². The van der Waals surface area contributed by atoms with Gasteiger partial charge in [-0.1, -0.05) is 88.2 Å². The predicted octanol–water partition coefficient (Wildman–Crippen LogP) is 3.16. The molecule has 40 heavy (non-hydrogen) atoms. The van der Waals surface area contributed by atoms with E-state index < -0.39 is 35.1 Å². The van der Waals surface area contributed by atoms with Crippen LogP contribution in [0.15, 0.2) is 54.6 Å². The summed E-state index contributed by atoms with van der Waals surface area (Å²) in [4.78, 5) is 48.4. The predicted molar refractivity (Wildman–Crippen MR) is 152 cm³/mol. The summed E-state index contributed by atoms with van der Waals surface area (Å²) in [5.74, 6) is -2.38. The number of fused-ring (bicyclic) bond motifs is 2. The molecule has 0 bridgehead atoms. The SMILES string of the molecule is CCCCCN1CC=C[C@]23O[C@]4(C)C=CCN(Cc5ccccc5)C(=O)[C@@H]4[C@H]2C(=O)N([C@@H](CO)C(C)C)C3C1=O. The number of likely N-dealkylation sites (tertiary alicyclic amines) is 1. The molecule has 1 aromatic rings. The molecule has 1 N–H and O–H groups in total. The molecule has 8 heteroatoms. The van der Waals surface area contributed by atoms with E-state index >= 15 is 0 Å². The van der Waals surface area contributed by atoms with Gasteiger partial charge in [-0.05, 0) is 24.8 Å². The highest BCUT2D eigenvalue weighted by molar-refractivity contribution is 6.00. The first kappa shape index (κ1) is 28.6. The number of nitrogens with zero attached hydrogens (tertiary/aromatic N) is 3. The van der Waals surface area contributed by atoms with Crippen LogP contribution in [0, 0.1) is 17.8 Å². The molecule has 0 saturated carbocycles. The van der Waals surface area contributed by atoms with E-state index in [1.54, 1.807) is 9.80 Å². The molecule has 6 atom stereocenters. The standard InChI is InChI=1S/C32H43N3O5/c1-5-6-10-17-33-18-12-16-32-26(29(38)35(27(32)30(33)39)24(21-36)22(2)3)25-28(37)34(19-11-15-31(25,4)40-32)20-23-13-8-7-9-14-23/h7-9,11-16,22,24-27,36H,5-6,10,17-21H2,1-4H3/t24-,25-,26-,27?,31+,32-/m0/s1. The summed E-state index contributed by atoms with van der Waals surface area (Å²) in [6.45, 7) is 9.45. The molecule has 0 aliphatic carbocycles. The fourth-order valence-corrected chi connectivity index (χ4v) is 7.24. The average Bonchev–Trinajstić information content (AvgIpc) is 3.20. The Morgan fingerprint density at radius 1 is 0.950 bits per heavy atom. The second kappa shape index (κ2) is 11.1. The Labute approximate surface area is 237 Å². The van der Waals surface area contributed by atoms with E-state index in [4.69, 9.17) is 4.74 Å². The molecule has 2 fully saturated rings. The van der Waals surface area contributed by atoms with E-state index in [2.05, 4.69) is 6.92 Å². The smallest absolute Gasteiger partial charge is 0.249 e. The number of carbonyl (C=O) groups excluding carboxylic acids is 3. The highest BCUT2D eigenvalue weighted by atomic mass is 16.5. The van der Waals surface area contributed by atoms with Crippen molar-refractivity contribution < 1.29 is 24.2 Å². The lowest BCUT2D eigenvalue weighted by Crippen LogP contribution is -2.59. The maximum atomic E-state index is 14.5. The quantitative estimate of drug-likeness (QED) is 0.378. The van der Waals surface area contributed by atoms with Crippen LogP contribution in [-0.2, 0) is 25.7 Å². The van der Waals surface area contributed by atoms with Crippen LogP contribution >= 0.6 is 0 Å². The zero-order valence-corrected chi connectivity index (χ0v) is 24.2. The third kappa shape index (κ3) is 4.59. The van der Waals surface area contributed by atoms with Crippen molar-refractivity contribution in [3.8, 4) is 0 Å². The number of hydrogen-bond acceptors (Lipinski definition) is 5. The third-order valence-corrected chi connectivity index (χ3v) is 9.22. The van der Waals surface area contributed by atoms with Crippen LogP contribution in [0.5, 0.6) is 0 Å². The maximum Gasteiger partial charge on any atom is 0.249 e. The topological polar surface area (TPSA) is 90.4 Å². The van der Waals surface area contributed by atoms with Gasteiger partial charge in [0.25, 0.3) is 0 Å². The molecule has 216 valence electrons. The van der Waals surface area contributed by atoms with Crippen molar-refractivity contribution >= 4 is 17.7 Å². The molecule has 1 unspecified atom stereocenters. The van der Waals surface area contributed by atoms with Gasteiger partial charge in [0.15, 0.2) is 0 Å². The number of rotatable bonds is 9. The Bertz CT molecular complexity index is 1180. The molecule has 3 amide bonds. The van der Waals surface area contributed by atoms with Crippen molar-refractivity contribution in [2.45, 2.75) is 76.8 Å². The molecule has 1 spiro atoms. The Morgan fingerprint density at radius 2 is 1.65 bits per heavy atom. The van der Waals surface area contributed by atoms with Crippen LogP contribution in [0.2, 0.25) is 0 Å². The van der Waals surface area contributed by atoms with Crippen molar-refractivity contribution in [3.05, 3.63) is 60.2 Å². The molecule has 0 aromatic heterocycles. The first-order valence-corrected chi connectivity index (χ1v) is 14.8. The second-order valence-electron chi connectivity index (χ2n) is 12.2. The van der Waals surface area contributed by atoms with Crippen LogP contribution in [0.25, 0.3) is 0 Å². The Hall–Kier alpha value is -2.97. The van der Waals surface area contributed by atoms with E-state index in [1.165, 1.54) is 0 Å². The third-order valence-electron chi connectivity index (χ3n) is 9.22. The Balaban J connectivity index is 1.58. The molecule has 1 aromatic carbocycles. The number of ether oxygens (including phenoxy) is 1. The molecule has 2 saturated heterocycles. The summed E-state index contributed by atoms with van der Waals surface area (Å²) < 4.78 is 6.90. The number of aliphatic hydroxyl groups excluding tert-OH is 1. The van der Waals surface area contributed by atoms with Crippen LogP contribution in [-0.4, -0.2) is 87.1 Å². The number of aliphatic hydroxyl groups is 1. The fraction of sp³-hybridized carbons (Fsp3) is 0.594. The van der Waals surface area contributed by atoms with Crippen molar-refractivity contribution in [3.63, 3.8) is 0 Å². The molecule has 4 aliphatic heterocycles. The Kier molecular flexibility index (Phi) is 7.94. The lowest BCUT2D eigenvalue weighted by molar-refractivity contribution is -0.157. The van der Waals surface area contributed by atoms with Crippen LogP contribution in [0.1, 0.15) is 52.5 Å². The van der Waals surface area contributed by atoms with Crippen molar-refractivity contribution in [2.75, 3.05) is 26.2 Å². The van der Waals surface area contributed by atoms with Gasteiger partial charge in [-0.25, -0.2) is 0 Å². The number of hydrogen-bond donors (Lipinski definition) is 1. The molecule has 4 aliphatic rings. The van der Waals surface area contributed by atoms with Gasteiger partial charge >= 0.3 is 0 Å². The van der Waals surface area contributed by atoms with E-state index in [-0.39, 0.29) is 30.2 Å². The van der Waals surface area contributed by atoms with Gasteiger partial charge in [0, 0.05) is 26.2 Å². The van der Waals surface area contributed by atoms with Gasteiger partial charge in [-0.15, -0.1) is 0 Å². The minimum absolute atomic E-state index is 0.0934. The number of amides is 3. The molecular formula is C32H43N3O5. The fourth-order valence-electron chi connectivity index (χ4n) is 7.24. The summed E-state index contributed by atoms with van der Waals surface area (Å²) in [5.41, 5.74) is -1.35. The second-order valence-corrected chi connectivity index (χ2v) is 12.2. The monoisotopic (exact) mass is 549 g/mol. The van der Waals surface area contributed by atoms with Crippen molar-refractivity contribution in [2.24, 2.45) is 17.8 Å². The minimum Gasteiger partial charge on any atom is -0.394 e. The van der Waals surface area contributed by atoms with Gasteiger partial charge in [-0.2, -0.15) is 0 Å². The average molecular weight is 550 g/mol. The molecular weight excluding hydrogens is 506 g/mol. The summed E-state index contributed by atoms with van der Waals surface area (Å²) in [6, 6.07) is 8.30. The molecule has 0 radical (unpaired) electrons. The van der Waals surface area contributed by atoms with Crippen LogP contribution in [0.4, 0.5) is 0 Å². The zero-order valence-electron chi connectivity index (χ0n) is 24.2. The van der Waals surface area contributed by atoms with E-state index in [9.17, 15) is 19.5 Å². The molecule has 8 nitrogen and oxygen atoms in total. The van der Waals surface area contributed by atoms with Crippen molar-refractivity contribution in [1.29, 1.82) is 0 Å². The largest absolute Gasteiger partial charge is 0.394 e. The van der Waals surface area contributed by atoms with Crippen LogP contribution in [0.3, 0.4) is 0 Å². The molecule has 5 rings (SSSR count). The lowest BCUT2D eigenvalue weighted by Gasteiger charge is -2.41. The van der Waals surface area contributed by atoms with Gasteiger partial charge < -0.3 is 24.5 Å². The van der Waals surface area contributed by atoms with E-state index in [1.807, 2.05) is 80.3 Å². The van der Waals surface area contributed by atoms with Crippen LogP contribution < -0.4 is 0 Å². The minimum atomic E-state index is -1.30. The zero-order chi connectivity index (χ0) is 28.7. The number of carbonyl (C=O) groups is 3. The summed E-state index contributed by atoms with van der Waals surface area (Å²) >= 11 is 0. The first-order chi connectivity index (χ1) is 19.2. The summed E-state index contributed by atoms with van der Waals surface area (Å²) in [5, 5.41) is 10.4. The maximum absolute atomic E-state index is 14.5. The number of unbranched alkanes of at least 4 members (excludes halogenated alkanes) is 2. The van der Waals surface area contributed by atoms with E-state index in [0.717, 1.165) is 24.8 Å². The normalized spacial score (nSPS) is 32.3. The van der Waals surface area contributed by atoms with Crippen molar-refractivity contribution in [1.82, 2.24) is 14.7 Å². The number of benzene rings is 1. The van der Waals surface area contributed by atoms with Gasteiger partial charge in [0.1, 0.15) is 11.6 Å². The van der Waals surface area contributed by atoms with Gasteiger partial charge in [-0.3, -0.25) is 14.4 Å². The van der Waals surface area contributed by atoms with Gasteiger partial charge in [0.05, 0.1) is 30.1 Å². The highest BCUT2D eigenvalue weighted by Gasteiger charge is 2.75. The highest BCUT2D eigenvalue weighted by Crippen LogP contribution is 2.58. The summed E-state index contributed by atoms with van der Waals surface area (Å²) in [7, 11) is 0. The molecule has 4 heterocycles. The lowest BCUT2D eigenvalue weighted by atomic mass is 9.74. The summed E-state index contributed by atoms with van der Waals surface area (Å²) in [6.07, 6.45) is 10.6. The first-order valence-electron chi connectivity index (χ1n) is 14.8. The van der Waals surface area contributed by atoms with E-state index in [0.29, 0.717) is 26.2 Å².